The molecule has 0 aliphatic rings. The van der Waals surface area contributed by atoms with E-state index < -0.39 is 0 Å². The van der Waals surface area contributed by atoms with E-state index in [-0.39, 0.29) is 0 Å². The Kier molecular flexibility index (Phi) is 2.40. The highest BCUT2D eigenvalue weighted by Gasteiger charge is 2.10. The zero-order chi connectivity index (χ0) is 12.0. The molecule has 3 rings (SSSR count). The molecule has 2 heterocycles. The van der Waals surface area contributed by atoms with Crippen molar-refractivity contribution in [1.82, 2.24) is 14.4 Å². The number of halogens is 1. The smallest absolute Gasteiger partial charge is 0.147 e. The number of benzene rings is 1. The van der Waals surface area contributed by atoms with Crippen LogP contribution in [0.4, 0.5) is 0 Å². The van der Waals surface area contributed by atoms with E-state index in [9.17, 15) is 0 Å². The second kappa shape index (κ2) is 3.81. The third-order valence-corrected chi connectivity index (χ3v) is 3.53. The summed E-state index contributed by atoms with van der Waals surface area (Å²) in [6.07, 6.45) is 4.69. The number of aromatic nitrogens is 3. The Labute approximate surface area is 108 Å². The highest BCUT2D eigenvalue weighted by molar-refractivity contribution is 9.10. The van der Waals surface area contributed by atoms with Crippen LogP contribution in [0.1, 0.15) is 18.3 Å². The summed E-state index contributed by atoms with van der Waals surface area (Å²) in [5, 5.41) is 1.10. The number of hydrogen-bond acceptors (Lipinski definition) is 2. The summed E-state index contributed by atoms with van der Waals surface area (Å²) in [7, 11) is 0. The molecule has 0 radical (unpaired) electrons. The van der Waals surface area contributed by atoms with Crippen LogP contribution in [0.5, 0.6) is 0 Å². The lowest BCUT2D eigenvalue weighted by molar-refractivity contribution is 0.913. The molecule has 0 fully saturated rings. The number of rotatable bonds is 1. The molecule has 0 bridgehead atoms. The van der Waals surface area contributed by atoms with Gasteiger partial charge in [0.25, 0.3) is 0 Å². The van der Waals surface area contributed by atoms with E-state index >= 15 is 0 Å². The summed E-state index contributed by atoms with van der Waals surface area (Å²) >= 11 is 3.59. The first-order valence-corrected chi connectivity index (χ1v) is 6.42. The number of imidazole rings is 1. The van der Waals surface area contributed by atoms with Crippen LogP contribution in [0.25, 0.3) is 16.6 Å². The van der Waals surface area contributed by atoms with Crippen LogP contribution in [-0.2, 0) is 6.42 Å². The van der Waals surface area contributed by atoms with Crippen LogP contribution in [0.3, 0.4) is 0 Å². The normalized spacial score (nSPS) is 11.5. The Morgan fingerprint density at radius 1 is 1.35 bits per heavy atom. The zero-order valence-corrected chi connectivity index (χ0v) is 11.3. The molecule has 86 valence electrons. The highest BCUT2D eigenvalue weighted by Crippen LogP contribution is 2.27. The van der Waals surface area contributed by atoms with Gasteiger partial charge in [-0.3, -0.25) is 4.40 Å². The summed E-state index contributed by atoms with van der Waals surface area (Å²) in [5.74, 6) is 1.04. The fraction of sp³-hybridized carbons (Fsp3) is 0.231. The largest absolute Gasteiger partial charge is 0.287 e. The van der Waals surface area contributed by atoms with Crippen LogP contribution >= 0.6 is 15.9 Å². The molecule has 0 spiro atoms. The van der Waals surface area contributed by atoms with Crippen molar-refractivity contribution < 1.29 is 0 Å². The quantitative estimate of drug-likeness (QED) is 0.686. The Balaban J connectivity index is 2.58. The average molecular weight is 290 g/mol. The van der Waals surface area contributed by atoms with Gasteiger partial charge in [0.05, 0.1) is 5.52 Å². The minimum absolute atomic E-state index is 0.892. The summed E-state index contributed by atoms with van der Waals surface area (Å²) in [4.78, 5) is 9.15. The predicted molar refractivity (Wildman–Crippen MR) is 72.3 cm³/mol. The summed E-state index contributed by atoms with van der Waals surface area (Å²) in [5.41, 5.74) is 3.18. The van der Waals surface area contributed by atoms with Crippen molar-refractivity contribution in [2.75, 3.05) is 0 Å². The van der Waals surface area contributed by atoms with Crippen molar-refractivity contribution >= 4 is 32.5 Å². The van der Waals surface area contributed by atoms with Crippen LogP contribution < -0.4 is 0 Å². The van der Waals surface area contributed by atoms with Gasteiger partial charge in [-0.2, -0.15) is 0 Å². The van der Waals surface area contributed by atoms with Gasteiger partial charge >= 0.3 is 0 Å². The van der Waals surface area contributed by atoms with Gasteiger partial charge in [0.1, 0.15) is 11.5 Å². The monoisotopic (exact) mass is 289 g/mol. The van der Waals surface area contributed by atoms with Gasteiger partial charge in [0.2, 0.25) is 0 Å². The van der Waals surface area contributed by atoms with Crippen molar-refractivity contribution in [3.8, 4) is 0 Å². The number of hydrogen-bond donors (Lipinski definition) is 0. The van der Waals surface area contributed by atoms with Gasteiger partial charge in [0.15, 0.2) is 0 Å². The lowest BCUT2D eigenvalue weighted by Crippen LogP contribution is -2.00. The molecule has 0 saturated carbocycles. The number of aryl methyl sites for hydroxylation is 2. The van der Waals surface area contributed by atoms with Crippen molar-refractivity contribution in [3.05, 3.63) is 40.4 Å². The van der Waals surface area contributed by atoms with E-state index in [1.54, 1.807) is 0 Å². The van der Waals surface area contributed by atoms with Gasteiger partial charge in [-0.05, 0) is 40.5 Å². The Bertz CT molecular complexity index is 715. The molecule has 3 aromatic rings. The van der Waals surface area contributed by atoms with Crippen LogP contribution in [0.15, 0.2) is 29.0 Å². The van der Waals surface area contributed by atoms with E-state index in [1.165, 1.54) is 5.56 Å². The first-order chi connectivity index (χ1) is 8.20. The molecule has 1 aromatic carbocycles. The van der Waals surface area contributed by atoms with E-state index in [2.05, 4.69) is 51.3 Å². The van der Waals surface area contributed by atoms with Gasteiger partial charge in [0, 0.05) is 28.7 Å². The second-order valence-corrected chi connectivity index (χ2v) is 5.00. The lowest BCUT2D eigenvalue weighted by Gasteiger charge is -2.08. The molecule has 3 nitrogen and oxygen atoms in total. The molecule has 0 unspecified atom stereocenters. The van der Waals surface area contributed by atoms with Crippen molar-refractivity contribution in [1.29, 1.82) is 0 Å². The number of nitrogens with zero attached hydrogens (tertiary/aromatic N) is 3. The predicted octanol–water partition coefficient (Wildman–Crippen LogP) is 3.52. The summed E-state index contributed by atoms with van der Waals surface area (Å²) in [6.45, 7) is 4.19. The van der Waals surface area contributed by atoms with E-state index in [1.807, 2.05) is 12.4 Å². The molecule has 17 heavy (non-hydrogen) atoms. The SMILES string of the molecule is CCc1nc2c(Br)cc(C)cc2c2nccn12. The molecule has 0 amide bonds. The fourth-order valence-corrected chi connectivity index (χ4v) is 2.83. The van der Waals surface area contributed by atoms with Gasteiger partial charge in [-0.15, -0.1) is 0 Å². The molecule has 0 aliphatic heterocycles. The minimum atomic E-state index is 0.892. The van der Waals surface area contributed by atoms with E-state index in [0.717, 1.165) is 33.3 Å². The standard InChI is InChI=1S/C13H12BrN3/c1-3-11-16-12-9(6-8(2)7-10(12)14)13-15-4-5-17(11)13/h4-7H,3H2,1-2H3. The van der Waals surface area contributed by atoms with E-state index in [0.29, 0.717) is 0 Å². The molecule has 0 atom stereocenters. The maximum atomic E-state index is 4.71. The van der Waals surface area contributed by atoms with Crippen molar-refractivity contribution in [3.63, 3.8) is 0 Å². The van der Waals surface area contributed by atoms with Crippen LogP contribution in [-0.4, -0.2) is 14.4 Å². The fourth-order valence-electron chi connectivity index (χ4n) is 2.16. The number of fused-ring (bicyclic) bond motifs is 3. The second-order valence-electron chi connectivity index (χ2n) is 4.15. The maximum absolute atomic E-state index is 4.71. The van der Waals surface area contributed by atoms with Gasteiger partial charge in [-0.1, -0.05) is 6.92 Å². The third kappa shape index (κ3) is 1.55. The third-order valence-electron chi connectivity index (χ3n) is 2.92. The summed E-state index contributed by atoms with van der Waals surface area (Å²) in [6, 6.07) is 4.23. The molecule has 0 aliphatic carbocycles. The van der Waals surface area contributed by atoms with E-state index in [4.69, 9.17) is 4.98 Å². The lowest BCUT2D eigenvalue weighted by atomic mass is 10.1. The van der Waals surface area contributed by atoms with Crippen molar-refractivity contribution in [2.45, 2.75) is 20.3 Å². The molecule has 0 saturated heterocycles. The average Bonchev–Trinajstić information content (AvgIpc) is 2.77. The Morgan fingerprint density at radius 3 is 2.94 bits per heavy atom. The molecular formula is C13H12BrN3. The summed E-state index contributed by atoms with van der Waals surface area (Å²) < 4.78 is 3.10. The topological polar surface area (TPSA) is 30.2 Å². The van der Waals surface area contributed by atoms with Gasteiger partial charge < -0.3 is 0 Å². The van der Waals surface area contributed by atoms with Crippen LogP contribution in [0.2, 0.25) is 0 Å². The maximum Gasteiger partial charge on any atom is 0.147 e. The first-order valence-electron chi connectivity index (χ1n) is 5.62. The van der Waals surface area contributed by atoms with Crippen molar-refractivity contribution in [2.24, 2.45) is 0 Å². The minimum Gasteiger partial charge on any atom is -0.287 e. The molecular weight excluding hydrogens is 278 g/mol. The molecule has 4 heteroatoms. The first kappa shape index (κ1) is 10.7. The zero-order valence-electron chi connectivity index (χ0n) is 9.74. The Morgan fingerprint density at radius 2 is 2.18 bits per heavy atom. The molecule has 0 N–H and O–H groups in total. The Hall–Kier alpha value is -1.42. The molecule has 2 aromatic heterocycles. The van der Waals surface area contributed by atoms with Gasteiger partial charge in [-0.25, -0.2) is 9.97 Å². The highest BCUT2D eigenvalue weighted by atomic mass is 79.9. The van der Waals surface area contributed by atoms with Crippen LogP contribution in [0, 0.1) is 6.92 Å².